The van der Waals surface area contributed by atoms with Gasteiger partial charge in [-0.1, -0.05) is 40.0 Å². The fraction of sp³-hybridized carbons (Fsp3) is 1.00. The van der Waals surface area contributed by atoms with Crippen molar-refractivity contribution in [3.63, 3.8) is 0 Å². The van der Waals surface area contributed by atoms with Crippen molar-refractivity contribution in [2.24, 2.45) is 11.1 Å². The summed E-state index contributed by atoms with van der Waals surface area (Å²) >= 11 is 0. The summed E-state index contributed by atoms with van der Waals surface area (Å²) in [5.74, 6) is 0. The van der Waals surface area contributed by atoms with Crippen molar-refractivity contribution in [3.05, 3.63) is 0 Å². The molecule has 0 bridgehead atoms. The highest BCUT2D eigenvalue weighted by Crippen LogP contribution is 2.37. The molecule has 2 heteroatoms. The fourth-order valence-corrected chi connectivity index (χ4v) is 3.00. The Morgan fingerprint density at radius 2 is 1.82 bits per heavy atom. The van der Waals surface area contributed by atoms with Gasteiger partial charge in [0.2, 0.25) is 0 Å². The number of nitrogens with two attached hydrogens (primary N) is 1. The van der Waals surface area contributed by atoms with Crippen LogP contribution in [0.2, 0.25) is 0 Å². The van der Waals surface area contributed by atoms with Crippen molar-refractivity contribution in [2.75, 3.05) is 6.61 Å². The Hall–Kier alpha value is -0.0800. The molecule has 0 aromatic heterocycles. The average Bonchev–Trinajstić information content (AvgIpc) is 2.66. The first kappa shape index (κ1) is 15.0. The molecule has 17 heavy (non-hydrogen) atoms. The van der Waals surface area contributed by atoms with Crippen molar-refractivity contribution in [3.8, 4) is 0 Å². The highest BCUT2D eigenvalue weighted by Gasteiger charge is 2.39. The average molecular weight is 241 g/mol. The summed E-state index contributed by atoms with van der Waals surface area (Å²) in [6.45, 7) is 9.78. The fourth-order valence-electron chi connectivity index (χ4n) is 3.00. The maximum Gasteiger partial charge on any atom is 0.0832 e. The predicted octanol–water partition coefficient (Wildman–Crippen LogP) is 3.88. The van der Waals surface area contributed by atoms with Crippen LogP contribution in [0.15, 0.2) is 0 Å². The smallest absolute Gasteiger partial charge is 0.0832 e. The summed E-state index contributed by atoms with van der Waals surface area (Å²) in [6.07, 6.45) is 8.48. The zero-order valence-corrected chi connectivity index (χ0v) is 12.2. The SMILES string of the molecule is CCOC1(C(N)CCCC(C)(C)C)CCCC1. The van der Waals surface area contributed by atoms with Gasteiger partial charge in [-0.05, 0) is 38.0 Å². The number of hydrogen-bond donors (Lipinski definition) is 1. The van der Waals surface area contributed by atoms with Crippen molar-refractivity contribution < 1.29 is 4.74 Å². The molecule has 102 valence electrons. The molecule has 0 aromatic rings. The second-order valence-electron chi connectivity index (χ2n) is 6.76. The third-order valence-corrected chi connectivity index (χ3v) is 4.00. The monoisotopic (exact) mass is 241 g/mol. The third-order valence-electron chi connectivity index (χ3n) is 4.00. The Labute approximate surface area is 107 Å². The standard InChI is InChI=1S/C15H31NO/c1-5-17-15(11-6-7-12-15)13(16)9-8-10-14(2,3)4/h13H,5-12,16H2,1-4H3. The Bertz CT molecular complexity index is 213. The zero-order valence-electron chi connectivity index (χ0n) is 12.2. The molecule has 0 aromatic carbocycles. The van der Waals surface area contributed by atoms with Crippen LogP contribution >= 0.6 is 0 Å². The van der Waals surface area contributed by atoms with Gasteiger partial charge in [-0.3, -0.25) is 0 Å². The normalized spacial score (nSPS) is 21.7. The molecule has 1 saturated carbocycles. The van der Waals surface area contributed by atoms with Crippen LogP contribution in [-0.4, -0.2) is 18.2 Å². The van der Waals surface area contributed by atoms with E-state index in [0.717, 1.165) is 25.9 Å². The molecule has 2 nitrogen and oxygen atoms in total. The summed E-state index contributed by atoms with van der Waals surface area (Å²) < 4.78 is 6.01. The van der Waals surface area contributed by atoms with Gasteiger partial charge in [0, 0.05) is 12.6 Å². The summed E-state index contributed by atoms with van der Waals surface area (Å²) in [5.41, 5.74) is 6.84. The number of hydrogen-bond acceptors (Lipinski definition) is 2. The van der Waals surface area contributed by atoms with E-state index in [9.17, 15) is 0 Å². The summed E-state index contributed by atoms with van der Waals surface area (Å²) in [4.78, 5) is 0. The Kier molecular flexibility index (Phi) is 5.46. The number of ether oxygens (including phenoxy) is 1. The van der Waals surface area contributed by atoms with Crippen molar-refractivity contribution in [1.82, 2.24) is 0 Å². The van der Waals surface area contributed by atoms with E-state index in [1.54, 1.807) is 0 Å². The molecule has 0 heterocycles. The molecular weight excluding hydrogens is 210 g/mol. The predicted molar refractivity (Wildman–Crippen MR) is 74.1 cm³/mol. The molecule has 1 rings (SSSR count). The van der Waals surface area contributed by atoms with Gasteiger partial charge in [-0.15, -0.1) is 0 Å². The highest BCUT2D eigenvalue weighted by atomic mass is 16.5. The molecule has 0 radical (unpaired) electrons. The van der Waals surface area contributed by atoms with E-state index in [2.05, 4.69) is 27.7 Å². The van der Waals surface area contributed by atoms with Gasteiger partial charge in [0.15, 0.2) is 0 Å². The van der Waals surface area contributed by atoms with Crippen molar-refractivity contribution >= 4 is 0 Å². The Morgan fingerprint density at radius 1 is 1.24 bits per heavy atom. The lowest BCUT2D eigenvalue weighted by atomic mass is 9.84. The summed E-state index contributed by atoms with van der Waals surface area (Å²) in [6, 6.07) is 0.229. The largest absolute Gasteiger partial charge is 0.374 e. The van der Waals surface area contributed by atoms with Crippen LogP contribution in [0, 0.1) is 5.41 Å². The van der Waals surface area contributed by atoms with Gasteiger partial charge >= 0.3 is 0 Å². The van der Waals surface area contributed by atoms with Crippen LogP contribution in [-0.2, 0) is 4.74 Å². The summed E-state index contributed by atoms with van der Waals surface area (Å²) in [5, 5.41) is 0. The molecule has 1 aliphatic carbocycles. The van der Waals surface area contributed by atoms with Gasteiger partial charge in [-0.25, -0.2) is 0 Å². The maximum atomic E-state index is 6.40. The van der Waals surface area contributed by atoms with E-state index in [1.165, 1.54) is 25.7 Å². The van der Waals surface area contributed by atoms with E-state index in [-0.39, 0.29) is 11.6 Å². The van der Waals surface area contributed by atoms with Gasteiger partial charge in [-0.2, -0.15) is 0 Å². The lowest BCUT2D eigenvalue weighted by Crippen LogP contribution is -2.48. The molecular formula is C15H31NO. The molecule has 1 fully saturated rings. The molecule has 0 aliphatic heterocycles. The molecule has 0 amide bonds. The lowest BCUT2D eigenvalue weighted by molar-refractivity contribution is -0.0549. The van der Waals surface area contributed by atoms with Crippen LogP contribution in [0.5, 0.6) is 0 Å². The van der Waals surface area contributed by atoms with Gasteiger partial charge in [0.1, 0.15) is 0 Å². The minimum atomic E-state index is 0.00658. The Balaban J connectivity index is 2.41. The Morgan fingerprint density at radius 3 is 2.29 bits per heavy atom. The van der Waals surface area contributed by atoms with Gasteiger partial charge in [0.25, 0.3) is 0 Å². The van der Waals surface area contributed by atoms with Crippen LogP contribution in [0.25, 0.3) is 0 Å². The third kappa shape index (κ3) is 4.59. The van der Waals surface area contributed by atoms with E-state index >= 15 is 0 Å². The van der Waals surface area contributed by atoms with Crippen LogP contribution < -0.4 is 5.73 Å². The van der Waals surface area contributed by atoms with E-state index in [0.29, 0.717) is 5.41 Å². The first-order valence-electron chi connectivity index (χ1n) is 7.29. The highest BCUT2D eigenvalue weighted by molar-refractivity contribution is 4.95. The second kappa shape index (κ2) is 6.19. The minimum absolute atomic E-state index is 0.00658. The van der Waals surface area contributed by atoms with Crippen molar-refractivity contribution in [2.45, 2.75) is 84.3 Å². The van der Waals surface area contributed by atoms with Crippen molar-refractivity contribution in [1.29, 1.82) is 0 Å². The molecule has 0 saturated heterocycles. The summed E-state index contributed by atoms with van der Waals surface area (Å²) in [7, 11) is 0. The molecule has 1 aliphatic rings. The minimum Gasteiger partial charge on any atom is -0.374 e. The first-order chi connectivity index (χ1) is 7.90. The zero-order chi connectivity index (χ0) is 12.9. The quantitative estimate of drug-likeness (QED) is 0.766. The van der Waals surface area contributed by atoms with E-state index in [4.69, 9.17) is 10.5 Å². The first-order valence-corrected chi connectivity index (χ1v) is 7.29. The van der Waals surface area contributed by atoms with Crippen LogP contribution in [0.4, 0.5) is 0 Å². The van der Waals surface area contributed by atoms with E-state index in [1.807, 2.05) is 0 Å². The van der Waals surface area contributed by atoms with Gasteiger partial charge in [0.05, 0.1) is 5.60 Å². The molecule has 0 spiro atoms. The topological polar surface area (TPSA) is 35.2 Å². The molecule has 1 unspecified atom stereocenters. The maximum absolute atomic E-state index is 6.40. The second-order valence-corrected chi connectivity index (χ2v) is 6.76. The van der Waals surface area contributed by atoms with Crippen LogP contribution in [0.1, 0.15) is 72.6 Å². The lowest BCUT2D eigenvalue weighted by Gasteiger charge is -2.35. The van der Waals surface area contributed by atoms with E-state index < -0.39 is 0 Å². The van der Waals surface area contributed by atoms with Crippen LogP contribution in [0.3, 0.4) is 0 Å². The number of rotatable bonds is 6. The van der Waals surface area contributed by atoms with Gasteiger partial charge < -0.3 is 10.5 Å². The molecule has 1 atom stereocenters. The molecule has 2 N–H and O–H groups in total.